The van der Waals surface area contributed by atoms with Gasteiger partial charge in [0, 0.05) is 15.5 Å². The van der Waals surface area contributed by atoms with Crippen molar-refractivity contribution in [1.29, 1.82) is 0 Å². The summed E-state index contributed by atoms with van der Waals surface area (Å²) in [6, 6.07) is 14.7. The van der Waals surface area contributed by atoms with Gasteiger partial charge < -0.3 is 5.32 Å². The SMILES string of the molecule is CCCCCCN1C(=O)NC(c2ccc(Br)cc2)(c2ccc(Br)cc2)C1=O. The van der Waals surface area contributed by atoms with E-state index in [1.165, 1.54) is 4.90 Å². The number of hydrogen-bond acceptors (Lipinski definition) is 2. The van der Waals surface area contributed by atoms with E-state index in [0.29, 0.717) is 6.54 Å². The second kappa shape index (κ2) is 8.57. The minimum Gasteiger partial charge on any atom is -0.315 e. The fraction of sp³-hybridized carbons (Fsp3) is 0.333. The molecule has 3 amide bonds. The molecule has 142 valence electrons. The Kier molecular flexibility index (Phi) is 6.37. The van der Waals surface area contributed by atoms with Crippen LogP contribution in [-0.4, -0.2) is 23.4 Å². The summed E-state index contributed by atoms with van der Waals surface area (Å²) in [6.45, 7) is 2.58. The zero-order valence-electron chi connectivity index (χ0n) is 15.2. The molecule has 1 aliphatic rings. The van der Waals surface area contributed by atoms with Crippen LogP contribution in [-0.2, 0) is 10.3 Å². The number of benzene rings is 2. The lowest BCUT2D eigenvalue weighted by molar-refractivity contribution is -0.130. The minimum atomic E-state index is -1.19. The van der Waals surface area contributed by atoms with Gasteiger partial charge in [-0.05, 0) is 41.8 Å². The van der Waals surface area contributed by atoms with Crippen LogP contribution in [0, 0.1) is 0 Å². The van der Waals surface area contributed by atoms with Crippen LogP contribution in [0.3, 0.4) is 0 Å². The normalized spacial score (nSPS) is 15.9. The molecule has 0 radical (unpaired) electrons. The van der Waals surface area contributed by atoms with E-state index in [0.717, 1.165) is 45.8 Å². The number of imide groups is 1. The number of hydrogen-bond donors (Lipinski definition) is 1. The van der Waals surface area contributed by atoms with Crippen LogP contribution in [0.4, 0.5) is 4.79 Å². The van der Waals surface area contributed by atoms with E-state index in [2.05, 4.69) is 44.1 Å². The average molecular weight is 494 g/mol. The number of urea groups is 1. The number of nitrogens with one attached hydrogen (secondary N) is 1. The number of unbranched alkanes of at least 4 members (excludes halogenated alkanes) is 3. The van der Waals surface area contributed by atoms with Gasteiger partial charge in [0.2, 0.25) is 0 Å². The molecule has 0 spiro atoms. The van der Waals surface area contributed by atoms with Crippen molar-refractivity contribution in [3.05, 3.63) is 68.6 Å². The Morgan fingerprint density at radius 2 is 1.37 bits per heavy atom. The second-order valence-electron chi connectivity index (χ2n) is 6.71. The monoisotopic (exact) mass is 492 g/mol. The lowest BCUT2D eigenvalue weighted by Crippen LogP contribution is -2.45. The third-order valence-corrected chi connectivity index (χ3v) is 5.95. The van der Waals surface area contributed by atoms with E-state index in [9.17, 15) is 9.59 Å². The molecule has 0 unspecified atom stereocenters. The molecule has 3 rings (SSSR count). The van der Waals surface area contributed by atoms with Crippen molar-refractivity contribution in [2.45, 2.75) is 38.1 Å². The van der Waals surface area contributed by atoms with Crippen molar-refractivity contribution in [1.82, 2.24) is 10.2 Å². The van der Waals surface area contributed by atoms with E-state index in [1.807, 2.05) is 48.5 Å². The molecule has 1 aliphatic heterocycles. The number of carbonyl (C=O) groups excluding carboxylic acids is 2. The molecule has 27 heavy (non-hydrogen) atoms. The lowest BCUT2D eigenvalue weighted by Gasteiger charge is -2.28. The Labute approximate surface area is 176 Å². The molecule has 0 aliphatic carbocycles. The summed E-state index contributed by atoms with van der Waals surface area (Å²) in [5.74, 6) is -0.214. The van der Waals surface area contributed by atoms with Gasteiger partial charge in [-0.15, -0.1) is 0 Å². The zero-order valence-corrected chi connectivity index (χ0v) is 18.3. The van der Waals surface area contributed by atoms with Crippen LogP contribution in [0.5, 0.6) is 0 Å². The van der Waals surface area contributed by atoms with Gasteiger partial charge in [-0.3, -0.25) is 9.69 Å². The molecule has 6 heteroatoms. The van der Waals surface area contributed by atoms with E-state index in [4.69, 9.17) is 0 Å². The summed E-state index contributed by atoms with van der Waals surface area (Å²) in [5, 5.41) is 2.99. The fourth-order valence-corrected chi connectivity index (χ4v) is 3.96. The smallest absolute Gasteiger partial charge is 0.315 e. The van der Waals surface area contributed by atoms with Gasteiger partial charge in [0.25, 0.3) is 5.91 Å². The highest BCUT2D eigenvalue weighted by molar-refractivity contribution is 9.10. The van der Waals surface area contributed by atoms with Gasteiger partial charge in [0.1, 0.15) is 0 Å². The number of carbonyl (C=O) groups is 2. The largest absolute Gasteiger partial charge is 0.325 e. The molecule has 1 fully saturated rings. The van der Waals surface area contributed by atoms with Crippen LogP contribution < -0.4 is 5.32 Å². The number of halogens is 2. The maximum absolute atomic E-state index is 13.5. The van der Waals surface area contributed by atoms with E-state index >= 15 is 0 Å². The quantitative estimate of drug-likeness (QED) is 0.403. The third-order valence-electron chi connectivity index (χ3n) is 4.90. The van der Waals surface area contributed by atoms with Crippen molar-refractivity contribution in [3.63, 3.8) is 0 Å². The number of nitrogens with zero attached hydrogens (tertiary/aromatic N) is 1. The Hall–Kier alpha value is -1.66. The Morgan fingerprint density at radius 1 is 0.852 bits per heavy atom. The Bertz CT molecular complexity index is 774. The highest BCUT2D eigenvalue weighted by atomic mass is 79.9. The number of amides is 3. The first-order chi connectivity index (χ1) is 13.0. The summed E-state index contributed by atoms with van der Waals surface area (Å²) in [4.78, 5) is 27.6. The first-order valence-corrected chi connectivity index (χ1v) is 10.7. The summed E-state index contributed by atoms with van der Waals surface area (Å²) < 4.78 is 1.84. The van der Waals surface area contributed by atoms with Crippen molar-refractivity contribution < 1.29 is 9.59 Å². The standard InChI is InChI=1S/C21H22Br2N2O2/c1-2-3-4-5-14-25-19(26)21(24-20(25)27,15-6-10-17(22)11-7-15)16-8-12-18(23)13-9-16/h6-13H,2-5,14H2,1H3,(H,24,27). The van der Waals surface area contributed by atoms with E-state index in [-0.39, 0.29) is 11.9 Å². The lowest BCUT2D eigenvalue weighted by atomic mass is 9.82. The Morgan fingerprint density at radius 3 is 1.85 bits per heavy atom. The highest BCUT2D eigenvalue weighted by Crippen LogP contribution is 2.37. The van der Waals surface area contributed by atoms with Gasteiger partial charge in [0.15, 0.2) is 5.54 Å². The fourth-order valence-electron chi connectivity index (χ4n) is 3.43. The van der Waals surface area contributed by atoms with Gasteiger partial charge in [-0.25, -0.2) is 4.79 Å². The first-order valence-electron chi connectivity index (χ1n) is 9.15. The van der Waals surface area contributed by atoms with Crippen LogP contribution in [0.1, 0.15) is 43.7 Å². The van der Waals surface area contributed by atoms with Crippen LogP contribution >= 0.6 is 31.9 Å². The minimum absolute atomic E-state index is 0.214. The highest BCUT2D eigenvalue weighted by Gasteiger charge is 2.53. The van der Waals surface area contributed by atoms with Crippen LogP contribution in [0.15, 0.2) is 57.5 Å². The molecule has 1 saturated heterocycles. The van der Waals surface area contributed by atoms with Crippen molar-refractivity contribution >= 4 is 43.8 Å². The van der Waals surface area contributed by atoms with E-state index in [1.54, 1.807) is 0 Å². The topological polar surface area (TPSA) is 49.4 Å². The van der Waals surface area contributed by atoms with Crippen molar-refractivity contribution in [2.75, 3.05) is 6.54 Å². The molecule has 0 bridgehead atoms. The summed E-state index contributed by atoms with van der Waals surface area (Å²) in [7, 11) is 0. The summed E-state index contributed by atoms with van der Waals surface area (Å²) in [6.07, 6.45) is 4.05. The van der Waals surface area contributed by atoms with Crippen LogP contribution in [0.2, 0.25) is 0 Å². The molecular weight excluding hydrogens is 472 g/mol. The zero-order chi connectivity index (χ0) is 19.4. The van der Waals surface area contributed by atoms with Crippen molar-refractivity contribution in [2.24, 2.45) is 0 Å². The number of rotatable bonds is 7. The van der Waals surface area contributed by atoms with E-state index < -0.39 is 5.54 Å². The molecule has 2 aromatic carbocycles. The van der Waals surface area contributed by atoms with Gasteiger partial charge >= 0.3 is 6.03 Å². The summed E-state index contributed by atoms with van der Waals surface area (Å²) in [5.41, 5.74) is 0.313. The van der Waals surface area contributed by atoms with Gasteiger partial charge in [-0.1, -0.05) is 82.3 Å². The molecule has 4 nitrogen and oxygen atoms in total. The molecule has 2 aromatic rings. The molecule has 0 atom stereocenters. The molecule has 0 saturated carbocycles. The predicted octanol–water partition coefficient (Wildman–Crippen LogP) is 5.59. The first kappa shape index (κ1) is 20.1. The maximum atomic E-state index is 13.5. The van der Waals surface area contributed by atoms with Gasteiger partial charge in [0.05, 0.1) is 0 Å². The molecule has 1 heterocycles. The van der Waals surface area contributed by atoms with Gasteiger partial charge in [-0.2, -0.15) is 0 Å². The molecule has 0 aromatic heterocycles. The summed E-state index contributed by atoms with van der Waals surface area (Å²) >= 11 is 6.87. The Balaban J connectivity index is 2.00. The maximum Gasteiger partial charge on any atom is 0.325 e. The van der Waals surface area contributed by atoms with Crippen molar-refractivity contribution in [3.8, 4) is 0 Å². The molecular formula is C21H22Br2N2O2. The predicted molar refractivity (Wildman–Crippen MR) is 113 cm³/mol. The molecule has 1 N–H and O–H groups in total. The average Bonchev–Trinajstić information content (AvgIpc) is 2.91. The third kappa shape index (κ3) is 3.97. The van der Waals surface area contributed by atoms with Crippen LogP contribution in [0.25, 0.3) is 0 Å². The second-order valence-corrected chi connectivity index (χ2v) is 8.54.